The Morgan fingerprint density at radius 3 is 2.44 bits per heavy atom. The number of carbonyl (C=O) groups is 2. The normalized spacial score (nSPS) is 17.2. The third-order valence-corrected chi connectivity index (χ3v) is 3.11. The van der Waals surface area contributed by atoms with Crippen molar-refractivity contribution in [1.29, 1.82) is 0 Å². The molecule has 94 valence electrons. The van der Waals surface area contributed by atoms with Crippen molar-refractivity contribution in [1.82, 2.24) is 0 Å². The number of rotatable bonds is 1. The molecule has 3 heteroatoms. The monoisotopic (exact) mass is 243 g/mol. The number of likely N-dealkylation sites (N-methyl/N-ethyl adjacent to an activating group) is 1. The summed E-state index contributed by atoms with van der Waals surface area (Å²) in [6.07, 6.45) is 1.48. The van der Waals surface area contributed by atoms with E-state index in [1.54, 1.807) is 11.9 Å². The smallest absolute Gasteiger partial charge is 0.258 e. The van der Waals surface area contributed by atoms with E-state index in [1.165, 1.54) is 6.08 Å². The van der Waals surface area contributed by atoms with E-state index in [0.29, 0.717) is 5.57 Å². The fraction of sp³-hybridized carbons (Fsp3) is 0.333. The molecule has 0 fully saturated rings. The molecule has 1 aromatic rings. The number of fused-ring (bicyclic) bond motifs is 1. The Morgan fingerprint density at radius 2 is 1.83 bits per heavy atom. The van der Waals surface area contributed by atoms with Crippen LogP contribution in [-0.2, 0) is 9.59 Å². The van der Waals surface area contributed by atoms with Crippen LogP contribution < -0.4 is 4.90 Å². The summed E-state index contributed by atoms with van der Waals surface area (Å²) < 4.78 is 0. The van der Waals surface area contributed by atoms with Crippen molar-refractivity contribution in [3.63, 3.8) is 0 Å². The zero-order valence-corrected chi connectivity index (χ0v) is 11.2. The van der Waals surface area contributed by atoms with E-state index in [4.69, 9.17) is 0 Å². The Hall–Kier alpha value is -1.90. The molecule has 0 aromatic heterocycles. The van der Waals surface area contributed by atoms with Crippen LogP contribution in [0.2, 0.25) is 0 Å². The number of hydrogen-bond acceptors (Lipinski definition) is 2. The van der Waals surface area contributed by atoms with Crippen molar-refractivity contribution in [3.05, 3.63) is 35.9 Å². The summed E-state index contributed by atoms with van der Waals surface area (Å²) in [5.41, 5.74) is 1.72. The van der Waals surface area contributed by atoms with Crippen molar-refractivity contribution in [3.8, 4) is 0 Å². The summed E-state index contributed by atoms with van der Waals surface area (Å²) in [6.45, 7) is 5.55. The molecule has 0 aliphatic carbocycles. The van der Waals surface area contributed by atoms with Crippen LogP contribution in [0.25, 0.3) is 5.57 Å². The second kappa shape index (κ2) is 4.09. The molecule has 1 aliphatic rings. The molecule has 1 aliphatic heterocycles. The zero-order valence-electron chi connectivity index (χ0n) is 11.2. The van der Waals surface area contributed by atoms with Crippen molar-refractivity contribution in [2.45, 2.75) is 20.8 Å². The van der Waals surface area contributed by atoms with Crippen LogP contribution >= 0.6 is 0 Å². The van der Waals surface area contributed by atoms with Gasteiger partial charge in [-0.15, -0.1) is 0 Å². The van der Waals surface area contributed by atoms with Crippen LogP contribution in [0, 0.1) is 5.41 Å². The first-order chi connectivity index (χ1) is 8.32. The Morgan fingerprint density at radius 1 is 1.22 bits per heavy atom. The Kier molecular flexibility index (Phi) is 2.85. The Labute approximate surface area is 107 Å². The second-order valence-corrected chi connectivity index (χ2v) is 5.55. The standard InChI is InChI=1S/C15H17NO2/c1-15(2,3)13(17)9-11-10-7-5-6-8-12(10)16(4)14(11)18/h5-9H,1-4H3/b11-9+. The van der Waals surface area contributed by atoms with Crippen molar-refractivity contribution >= 4 is 23.0 Å². The first kappa shape index (κ1) is 12.6. The molecule has 0 spiro atoms. The molecule has 0 atom stereocenters. The molecule has 0 saturated carbocycles. The van der Waals surface area contributed by atoms with Crippen molar-refractivity contribution in [2.24, 2.45) is 5.41 Å². The lowest BCUT2D eigenvalue weighted by Crippen LogP contribution is -2.22. The lowest BCUT2D eigenvalue weighted by atomic mass is 9.89. The summed E-state index contributed by atoms with van der Waals surface area (Å²) in [7, 11) is 1.73. The highest BCUT2D eigenvalue weighted by atomic mass is 16.2. The predicted molar refractivity (Wildman–Crippen MR) is 72.3 cm³/mol. The minimum Gasteiger partial charge on any atom is -0.311 e. The molecule has 0 unspecified atom stereocenters. The van der Waals surface area contributed by atoms with Gasteiger partial charge in [0.05, 0.1) is 11.3 Å². The number of anilines is 1. The van der Waals surface area contributed by atoms with Gasteiger partial charge in [0, 0.05) is 18.0 Å². The van der Waals surface area contributed by atoms with Crippen molar-refractivity contribution in [2.75, 3.05) is 11.9 Å². The maximum absolute atomic E-state index is 12.1. The molecule has 1 aromatic carbocycles. The van der Waals surface area contributed by atoms with Gasteiger partial charge in [0.25, 0.3) is 5.91 Å². The number of carbonyl (C=O) groups excluding carboxylic acids is 2. The molecule has 1 amide bonds. The molecule has 2 rings (SSSR count). The van der Waals surface area contributed by atoms with Crippen LogP contribution in [-0.4, -0.2) is 18.7 Å². The molecule has 0 saturated heterocycles. The van der Waals surface area contributed by atoms with Crippen LogP contribution in [0.5, 0.6) is 0 Å². The van der Waals surface area contributed by atoms with Crippen LogP contribution in [0.3, 0.4) is 0 Å². The minimum atomic E-state index is -0.469. The van der Waals surface area contributed by atoms with Crippen LogP contribution in [0.15, 0.2) is 30.3 Å². The van der Waals surface area contributed by atoms with Gasteiger partial charge < -0.3 is 4.90 Å². The molecule has 0 bridgehead atoms. The summed E-state index contributed by atoms with van der Waals surface area (Å²) in [4.78, 5) is 25.7. The van der Waals surface area contributed by atoms with Gasteiger partial charge in [-0.05, 0) is 12.1 Å². The van der Waals surface area contributed by atoms with Gasteiger partial charge in [-0.1, -0.05) is 39.0 Å². The number of ketones is 1. The summed E-state index contributed by atoms with van der Waals surface area (Å²) in [5, 5.41) is 0. The number of allylic oxidation sites excluding steroid dienone is 1. The quantitative estimate of drug-likeness (QED) is 0.711. The van der Waals surface area contributed by atoms with E-state index >= 15 is 0 Å². The minimum absolute atomic E-state index is 0.0315. The van der Waals surface area contributed by atoms with Crippen LogP contribution in [0.4, 0.5) is 5.69 Å². The molecule has 0 N–H and O–H groups in total. The largest absolute Gasteiger partial charge is 0.311 e. The van der Waals surface area contributed by atoms with E-state index in [9.17, 15) is 9.59 Å². The molecule has 3 nitrogen and oxygen atoms in total. The third kappa shape index (κ3) is 1.96. The van der Waals surface area contributed by atoms with Gasteiger partial charge in [-0.3, -0.25) is 9.59 Å². The lowest BCUT2D eigenvalue weighted by Gasteiger charge is -2.13. The van der Waals surface area contributed by atoms with Gasteiger partial charge in [0.15, 0.2) is 5.78 Å². The fourth-order valence-electron chi connectivity index (χ4n) is 1.89. The summed E-state index contributed by atoms with van der Waals surface area (Å²) in [5.74, 6) is -0.148. The average Bonchev–Trinajstić information content (AvgIpc) is 2.54. The molecular weight excluding hydrogens is 226 g/mol. The highest BCUT2D eigenvalue weighted by Gasteiger charge is 2.31. The second-order valence-electron chi connectivity index (χ2n) is 5.55. The van der Waals surface area contributed by atoms with Crippen LogP contribution in [0.1, 0.15) is 26.3 Å². The van der Waals surface area contributed by atoms with E-state index in [2.05, 4.69) is 0 Å². The van der Waals surface area contributed by atoms with Gasteiger partial charge in [0.2, 0.25) is 0 Å². The predicted octanol–water partition coefficient (Wildman–Crippen LogP) is 2.66. The highest BCUT2D eigenvalue weighted by molar-refractivity contribution is 6.34. The highest BCUT2D eigenvalue weighted by Crippen LogP contribution is 2.35. The lowest BCUT2D eigenvalue weighted by molar-refractivity contribution is -0.121. The topological polar surface area (TPSA) is 37.4 Å². The van der Waals surface area contributed by atoms with Gasteiger partial charge >= 0.3 is 0 Å². The van der Waals surface area contributed by atoms with Gasteiger partial charge in [-0.2, -0.15) is 0 Å². The van der Waals surface area contributed by atoms with E-state index in [1.807, 2.05) is 45.0 Å². The number of nitrogens with zero attached hydrogens (tertiary/aromatic N) is 1. The zero-order chi connectivity index (χ0) is 13.5. The summed E-state index contributed by atoms with van der Waals surface area (Å²) >= 11 is 0. The molecular formula is C15H17NO2. The average molecular weight is 243 g/mol. The Balaban J connectivity index is 2.50. The van der Waals surface area contributed by atoms with E-state index in [-0.39, 0.29) is 11.7 Å². The SMILES string of the molecule is CN1C(=O)/C(=C/C(=O)C(C)(C)C)c2ccccc21. The number of para-hydroxylation sites is 1. The maximum atomic E-state index is 12.1. The number of benzene rings is 1. The first-order valence-electron chi connectivity index (χ1n) is 5.96. The van der Waals surface area contributed by atoms with E-state index in [0.717, 1.165) is 11.3 Å². The summed E-state index contributed by atoms with van der Waals surface area (Å²) in [6, 6.07) is 7.52. The molecule has 1 heterocycles. The third-order valence-electron chi connectivity index (χ3n) is 3.11. The number of hydrogen-bond donors (Lipinski definition) is 0. The first-order valence-corrected chi connectivity index (χ1v) is 5.96. The van der Waals surface area contributed by atoms with Crippen molar-refractivity contribution < 1.29 is 9.59 Å². The molecule has 0 radical (unpaired) electrons. The van der Waals surface area contributed by atoms with E-state index < -0.39 is 5.41 Å². The Bertz CT molecular complexity index is 550. The molecule has 18 heavy (non-hydrogen) atoms. The van der Waals surface area contributed by atoms with Gasteiger partial charge in [-0.25, -0.2) is 0 Å². The maximum Gasteiger partial charge on any atom is 0.258 e. The number of amides is 1. The fourth-order valence-corrected chi connectivity index (χ4v) is 1.89. The van der Waals surface area contributed by atoms with Gasteiger partial charge in [0.1, 0.15) is 0 Å².